The first-order chi connectivity index (χ1) is 8.90. The first-order valence-corrected chi connectivity index (χ1v) is 6.32. The smallest absolute Gasteiger partial charge is 0.335 e. The molecule has 98 valence electrons. The van der Waals surface area contributed by atoms with Crippen molar-refractivity contribution in [1.29, 1.82) is 0 Å². The Morgan fingerprint density at radius 1 is 0.842 bits per heavy atom. The Hall–Kier alpha value is -2.09. The van der Waals surface area contributed by atoms with Crippen LogP contribution in [-0.4, -0.2) is 11.1 Å². The molecule has 0 aliphatic rings. The molecule has 0 atom stereocenters. The number of carboxylic acids is 1. The van der Waals surface area contributed by atoms with Gasteiger partial charge in [-0.1, -0.05) is 29.8 Å². The zero-order valence-electron chi connectivity index (χ0n) is 11.7. The monoisotopic (exact) mass is 254 g/mol. The Balaban J connectivity index is 2.71. The van der Waals surface area contributed by atoms with Gasteiger partial charge in [-0.15, -0.1) is 0 Å². The minimum Gasteiger partial charge on any atom is -0.478 e. The third kappa shape index (κ3) is 2.53. The Morgan fingerprint density at radius 3 is 2.11 bits per heavy atom. The molecule has 0 amide bonds. The van der Waals surface area contributed by atoms with Crippen LogP contribution in [0.3, 0.4) is 0 Å². The van der Waals surface area contributed by atoms with Crippen LogP contribution in [0.2, 0.25) is 0 Å². The molecule has 0 bridgehead atoms. The van der Waals surface area contributed by atoms with Crippen molar-refractivity contribution in [2.24, 2.45) is 0 Å². The molecule has 0 fully saturated rings. The van der Waals surface area contributed by atoms with Gasteiger partial charge in [0.25, 0.3) is 0 Å². The molecule has 2 aromatic carbocycles. The van der Waals surface area contributed by atoms with Crippen LogP contribution in [0.4, 0.5) is 0 Å². The lowest BCUT2D eigenvalue weighted by Gasteiger charge is -2.13. The molecule has 0 aromatic heterocycles. The summed E-state index contributed by atoms with van der Waals surface area (Å²) >= 11 is 0. The highest BCUT2D eigenvalue weighted by Gasteiger charge is 2.13. The van der Waals surface area contributed by atoms with Crippen LogP contribution in [0.25, 0.3) is 11.1 Å². The van der Waals surface area contributed by atoms with Crippen molar-refractivity contribution in [2.45, 2.75) is 27.7 Å². The minimum absolute atomic E-state index is 0.376. The number of benzene rings is 2. The molecule has 0 saturated carbocycles. The number of rotatable bonds is 2. The summed E-state index contributed by atoms with van der Waals surface area (Å²) in [5, 5.41) is 9.25. The summed E-state index contributed by atoms with van der Waals surface area (Å²) in [6, 6.07) is 9.98. The van der Waals surface area contributed by atoms with Crippen molar-refractivity contribution in [1.82, 2.24) is 0 Å². The molecule has 0 unspecified atom stereocenters. The number of carbonyl (C=O) groups is 1. The lowest BCUT2D eigenvalue weighted by atomic mass is 9.91. The zero-order valence-corrected chi connectivity index (χ0v) is 11.7. The average molecular weight is 254 g/mol. The third-order valence-electron chi connectivity index (χ3n) is 3.49. The van der Waals surface area contributed by atoms with Crippen molar-refractivity contribution in [3.8, 4) is 11.1 Å². The molecule has 19 heavy (non-hydrogen) atoms. The van der Waals surface area contributed by atoms with Gasteiger partial charge in [-0.05, 0) is 61.6 Å². The molecule has 2 aromatic rings. The molecule has 1 N–H and O–H groups in total. The first-order valence-electron chi connectivity index (χ1n) is 6.32. The summed E-state index contributed by atoms with van der Waals surface area (Å²) in [5.41, 5.74) is 6.74. The van der Waals surface area contributed by atoms with Gasteiger partial charge in [0.15, 0.2) is 0 Å². The maximum atomic E-state index is 11.3. The molecule has 0 aliphatic heterocycles. The van der Waals surface area contributed by atoms with Crippen molar-refractivity contribution in [3.05, 3.63) is 58.1 Å². The summed E-state index contributed by atoms with van der Waals surface area (Å²) < 4.78 is 0. The van der Waals surface area contributed by atoms with Crippen molar-refractivity contribution >= 4 is 5.97 Å². The fraction of sp³-hybridized carbons (Fsp3) is 0.235. The van der Waals surface area contributed by atoms with Gasteiger partial charge >= 0.3 is 5.97 Å². The molecule has 0 spiro atoms. The van der Waals surface area contributed by atoms with Crippen LogP contribution in [0.15, 0.2) is 30.3 Å². The fourth-order valence-electron chi connectivity index (χ4n) is 2.40. The normalized spacial score (nSPS) is 10.5. The molecule has 0 radical (unpaired) electrons. The van der Waals surface area contributed by atoms with E-state index < -0.39 is 5.97 Å². The predicted molar refractivity (Wildman–Crippen MR) is 77.8 cm³/mol. The number of aromatic carboxylic acids is 1. The number of aryl methyl sites for hydroxylation is 4. The van der Waals surface area contributed by atoms with E-state index in [0.29, 0.717) is 5.56 Å². The minimum atomic E-state index is -0.871. The second kappa shape index (κ2) is 4.88. The second-order valence-corrected chi connectivity index (χ2v) is 5.11. The van der Waals surface area contributed by atoms with Crippen LogP contribution >= 0.6 is 0 Å². The van der Waals surface area contributed by atoms with Crippen LogP contribution in [0.5, 0.6) is 0 Å². The highest BCUT2D eigenvalue weighted by molar-refractivity contribution is 5.92. The number of carboxylic acid groups (broad SMARTS) is 1. The summed E-state index contributed by atoms with van der Waals surface area (Å²) in [6.07, 6.45) is 0. The van der Waals surface area contributed by atoms with Crippen LogP contribution in [0, 0.1) is 27.7 Å². The molecule has 2 rings (SSSR count). The lowest BCUT2D eigenvalue weighted by Crippen LogP contribution is -2.01. The fourth-order valence-corrected chi connectivity index (χ4v) is 2.40. The maximum Gasteiger partial charge on any atom is 0.335 e. The molecule has 2 heteroatoms. The predicted octanol–water partition coefficient (Wildman–Crippen LogP) is 4.29. The molecule has 0 saturated heterocycles. The van der Waals surface area contributed by atoms with Crippen LogP contribution < -0.4 is 0 Å². The van der Waals surface area contributed by atoms with E-state index in [4.69, 9.17) is 0 Å². The van der Waals surface area contributed by atoms with E-state index in [1.807, 2.05) is 26.8 Å². The van der Waals surface area contributed by atoms with Gasteiger partial charge in [0, 0.05) is 0 Å². The summed E-state index contributed by atoms with van der Waals surface area (Å²) in [7, 11) is 0. The van der Waals surface area contributed by atoms with E-state index in [2.05, 4.69) is 25.1 Å². The lowest BCUT2D eigenvalue weighted by molar-refractivity contribution is 0.0696. The Labute approximate surface area is 113 Å². The Morgan fingerprint density at radius 2 is 1.47 bits per heavy atom. The molecule has 2 nitrogen and oxygen atoms in total. The quantitative estimate of drug-likeness (QED) is 0.868. The van der Waals surface area contributed by atoms with E-state index in [9.17, 15) is 9.90 Å². The van der Waals surface area contributed by atoms with Gasteiger partial charge < -0.3 is 5.11 Å². The van der Waals surface area contributed by atoms with Crippen molar-refractivity contribution in [3.63, 3.8) is 0 Å². The number of hydrogen-bond donors (Lipinski definition) is 1. The van der Waals surface area contributed by atoms with E-state index in [1.165, 1.54) is 5.56 Å². The maximum absolute atomic E-state index is 11.3. The average Bonchev–Trinajstić information content (AvgIpc) is 2.32. The molecule has 0 aliphatic carbocycles. The second-order valence-electron chi connectivity index (χ2n) is 5.11. The SMILES string of the molecule is Cc1ccc(C)c(-c2cc(C(=O)O)c(C)cc2C)c1. The summed E-state index contributed by atoms with van der Waals surface area (Å²) in [5.74, 6) is -0.871. The van der Waals surface area contributed by atoms with Crippen molar-refractivity contribution < 1.29 is 9.90 Å². The molecule has 0 heterocycles. The van der Waals surface area contributed by atoms with Gasteiger partial charge in [-0.2, -0.15) is 0 Å². The van der Waals surface area contributed by atoms with Gasteiger partial charge in [0.1, 0.15) is 0 Å². The Kier molecular flexibility index (Phi) is 3.43. The molecular weight excluding hydrogens is 236 g/mol. The van der Waals surface area contributed by atoms with E-state index >= 15 is 0 Å². The molecular formula is C17H18O2. The third-order valence-corrected chi connectivity index (χ3v) is 3.49. The van der Waals surface area contributed by atoms with Crippen molar-refractivity contribution in [2.75, 3.05) is 0 Å². The van der Waals surface area contributed by atoms with Crippen LogP contribution in [0.1, 0.15) is 32.6 Å². The van der Waals surface area contributed by atoms with E-state index in [-0.39, 0.29) is 0 Å². The summed E-state index contributed by atoms with van der Waals surface area (Å²) in [4.78, 5) is 11.3. The largest absolute Gasteiger partial charge is 0.478 e. The zero-order chi connectivity index (χ0) is 14.2. The van der Waals surface area contributed by atoms with Gasteiger partial charge in [-0.25, -0.2) is 4.79 Å². The standard InChI is InChI=1S/C17H18O2/c1-10-5-6-11(2)14(7-10)15-9-16(17(18)19)13(4)8-12(15)3/h5-9H,1-4H3,(H,18,19). The van der Waals surface area contributed by atoms with Gasteiger partial charge in [0.2, 0.25) is 0 Å². The van der Waals surface area contributed by atoms with Gasteiger partial charge in [0.05, 0.1) is 5.56 Å². The number of hydrogen-bond acceptors (Lipinski definition) is 1. The van der Waals surface area contributed by atoms with Gasteiger partial charge in [-0.3, -0.25) is 0 Å². The highest BCUT2D eigenvalue weighted by atomic mass is 16.4. The van der Waals surface area contributed by atoms with E-state index in [0.717, 1.165) is 27.8 Å². The van der Waals surface area contributed by atoms with E-state index in [1.54, 1.807) is 6.07 Å². The summed E-state index contributed by atoms with van der Waals surface area (Å²) in [6.45, 7) is 7.96. The first kappa shape index (κ1) is 13.3. The Bertz CT molecular complexity index is 655. The topological polar surface area (TPSA) is 37.3 Å². The highest BCUT2D eigenvalue weighted by Crippen LogP contribution is 2.30. The van der Waals surface area contributed by atoms with Crippen LogP contribution in [-0.2, 0) is 0 Å².